The van der Waals surface area contributed by atoms with Crippen molar-refractivity contribution in [2.24, 2.45) is 5.73 Å². The molecule has 0 spiro atoms. The fraction of sp³-hybridized carbons (Fsp3) is 1.00. The number of hydrogen-bond donors (Lipinski definition) is 1. The van der Waals surface area contributed by atoms with E-state index in [2.05, 4.69) is 6.92 Å². The van der Waals surface area contributed by atoms with Crippen LogP contribution in [0.3, 0.4) is 0 Å². The van der Waals surface area contributed by atoms with Gasteiger partial charge in [0.2, 0.25) is 0 Å². The highest BCUT2D eigenvalue weighted by atomic mass is 16.7. The Labute approximate surface area is 63.1 Å². The largest absolute Gasteiger partial charge is 0.326 e. The van der Waals surface area contributed by atoms with E-state index in [0.29, 0.717) is 6.61 Å². The van der Waals surface area contributed by atoms with Crippen LogP contribution >= 0.6 is 0 Å². The molecule has 62 valence electrons. The molecule has 2 N–H and O–H groups in total. The number of hydrogen-bond acceptors (Lipinski definition) is 3. The molecule has 0 radical (unpaired) electrons. The molecule has 0 bridgehead atoms. The van der Waals surface area contributed by atoms with Crippen molar-refractivity contribution in [3.63, 3.8) is 0 Å². The van der Waals surface area contributed by atoms with Crippen LogP contribution in [0.15, 0.2) is 0 Å². The van der Waals surface area contributed by atoms with Crippen LogP contribution in [0.25, 0.3) is 0 Å². The van der Waals surface area contributed by atoms with E-state index in [9.17, 15) is 0 Å². The van der Waals surface area contributed by atoms with Gasteiger partial charge in [0.15, 0.2) is 0 Å². The minimum atomic E-state index is 0.233. The molecule has 0 saturated heterocycles. The van der Waals surface area contributed by atoms with Gasteiger partial charge in [0, 0.05) is 19.6 Å². The van der Waals surface area contributed by atoms with Crippen molar-refractivity contribution in [2.45, 2.75) is 26.3 Å². The van der Waals surface area contributed by atoms with Crippen LogP contribution in [0.5, 0.6) is 0 Å². The lowest BCUT2D eigenvalue weighted by Gasteiger charge is -2.18. The van der Waals surface area contributed by atoms with Crippen molar-refractivity contribution >= 4 is 0 Å². The second-order valence-electron chi connectivity index (χ2n) is 2.40. The van der Waals surface area contributed by atoms with Gasteiger partial charge in [-0.25, -0.2) is 0 Å². The summed E-state index contributed by atoms with van der Waals surface area (Å²) in [6.45, 7) is 5.57. The van der Waals surface area contributed by atoms with Crippen LogP contribution in [0.2, 0.25) is 0 Å². The molecule has 0 aliphatic rings. The summed E-state index contributed by atoms with van der Waals surface area (Å²) in [5.41, 5.74) is 5.68. The predicted octanol–water partition coefficient (Wildman–Crippen LogP) is 0.607. The standard InChI is InChI=1S/C7H18N2O/c1-4-7(8)6-9(3)10-5-2/h7H,4-6,8H2,1-3H3/t7-/m1/s1. The smallest absolute Gasteiger partial charge is 0.0656 e. The zero-order chi connectivity index (χ0) is 7.98. The SMILES string of the molecule is CCON(C)C[C@H](N)CC. The molecule has 0 aromatic heterocycles. The van der Waals surface area contributed by atoms with E-state index >= 15 is 0 Å². The van der Waals surface area contributed by atoms with Crippen molar-refractivity contribution in [3.05, 3.63) is 0 Å². The van der Waals surface area contributed by atoms with Crippen LogP contribution < -0.4 is 5.73 Å². The summed E-state index contributed by atoms with van der Waals surface area (Å²) >= 11 is 0. The summed E-state index contributed by atoms with van der Waals surface area (Å²) in [4.78, 5) is 5.17. The Morgan fingerprint density at radius 2 is 2.10 bits per heavy atom. The molecule has 3 heteroatoms. The van der Waals surface area contributed by atoms with Crippen LogP contribution in [-0.4, -0.2) is 31.3 Å². The van der Waals surface area contributed by atoms with E-state index in [1.54, 1.807) is 5.06 Å². The zero-order valence-electron chi connectivity index (χ0n) is 7.13. The first-order valence-corrected chi connectivity index (χ1v) is 3.80. The summed E-state index contributed by atoms with van der Waals surface area (Å²) in [5.74, 6) is 0. The number of rotatable bonds is 5. The average Bonchev–Trinajstić information content (AvgIpc) is 1.88. The van der Waals surface area contributed by atoms with E-state index in [4.69, 9.17) is 10.6 Å². The average molecular weight is 146 g/mol. The first-order chi connectivity index (χ1) is 4.70. The monoisotopic (exact) mass is 146 g/mol. The lowest BCUT2D eigenvalue weighted by atomic mass is 10.2. The Morgan fingerprint density at radius 1 is 1.50 bits per heavy atom. The van der Waals surface area contributed by atoms with Crippen molar-refractivity contribution in [3.8, 4) is 0 Å². The fourth-order valence-corrected chi connectivity index (χ4v) is 0.732. The van der Waals surface area contributed by atoms with Crippen molar-refractivity contribution < 1.29 is 4.84 Å². The van der Waals surface area contributed by atoms with Gasteiger partial charge < -0.3 is 5.73 Å². The van der Waals surface area contributed by atoms with E-state index in [-0.39, 0.29) is 6.04 Å². The summed E-state index contributed by atoms with van der Waals surface area (Å²) in [5, 5.41) is 1.79. The Balaban J connectivity index is 3.27. The maximum Gasteiger partial charge on any atom is 0.0656 e. The molecule has 0 aromatic rings. The molecule has 1 atom stereocenters. The molecule has 10 heavy (non-hydrogen) atoms. The van der Waals surface area contributed by atoms with Gasteiger partial charge in [-0.05, 0) is 13.3 Å². The lowest BCUT2D eigenvalue weighted by molar-refractivity contribution is -0.137. The highest BCUT2D eigenvalue weighted by Gasteiger charge is 2.02. The van der Waals surface area contributed by atoms with Gasteiger partial charge in [0.05, 0.1) is 6.61 Å². The first kappa shape index (κ1) is 9.88. The molecular formula is C7H18N2O. The van der Waals surface area contributed by atoms with Gasteiger partial charge in [-0.2, -0.15) is 5.06 Å². The van der Waals surface area contributed by atoms with E-state index in [1.807, 2.05) is 14.0 Å². The van der Waals surface area contributed by atoms with Crippen molar-refractivity contribution in [1.29, 1.82) is 0 Å². The third-order valence-electron chi connectivity index (χ3n) is 1.37. The first-order valence-electron chi connectivity index (χ1n) is 3.80. The molecule has 3 nitrogen and oxygen atoms in total. The molecule has 0 heterocycles. The highest BCUT2D eigenvalue weighted by Crippen LogP contribution is 1.91. The molecule has 0 aliphatic carbocycles. The molecule has 0 saturated carbocycles. The maximum atomic E-state index is 5.68. The van der Waals surface area contributed by atoms with Gasteiger partial charge >= 0.3 is 0 Å². The lowest BCUT2D eigenvalue weighted by Crippen LogP contribution is -2.34. The second-order valence-corrected chi connectivity index (χ2v) is 2.40. The van der Waals surface area contributed by atoms with Gasteiger partial charge in [-0.15, -0.1) is 0 Å². The van der Waals surface area contributed by atoms with Crippen molar-refractivity contribution in [1.82, 2.24) is 5.06 Å². The molecule has 0 unspecified atom stereocenters. The maximum absolute atomic E-state index is 5.68. The van der Waals surface area contributed by atoms with Crippen LogP contribution in [0, 0.1) is 0 Å². The number of hydroxylamine groups is 2. The fourth-order valence-electron chi connectivity index (χ4n) is 0.732. The topological polar surface area (TPSA) is 38.5 Å². The van der Waals surface area contributed by atoms with Crippen LogP contribution in [0.4, 0.5) is 0 Å². The third-order valence-corrected chi connectivity index (χ3v) is 1.37. The Morgan fingerprint density at radius 3 is 2.50 bits per heavy atom. The van der Waals surface area contributed by atoms with Crippen LogP contribution in [-0.2, 0) is 4.84 Å². The van der Waals surface area contributed by atoms with Gasteiger partial charge in [-0.1, -0.05) is 6.92 Å². The zero-order valence-corrected chi connectivity index (χ0v) is 7.13. The van der Waals surface area contributed by atoms with E-state index < -0.39 is 0 Å². The Bertz CT molecular complexity index is 78.0. The second kappa shape index (κ2) is 5.65. The Hall–Kier alpha value is -0.120. The number of nitrogens with zero attached hydrogens (tertiary/aromatic N) is 1. The third kappa shape index (κ3) is 4.73. The molecule has 0 rings (SSSR count). The van der Waals surface area contributed by atoms with Crippen molar-refractivity contribution in [2.75, 3.05) is 20.2 Å². The summed E-state index contributed by atoms with van der Waals surface area (Å²) in [7, 11) is 1.90. The van der Waals surface area contributed by atoms with E-state index in [1.165, 1.54) is 0 Å². The molecule has 0 aromatic carbocycles. The summed E-state index contributed by atoms with van der Waals surface area (Å²) in [6.07, 6.45) is 0.997. The molecule has 0 fully saturated rings. The molecular weight excluding hydrogens is 128 g/mol. The predicted molar refractivity (Wildman–Crippen MR) is 42.5 cm³/mol. The normalized spacial score (nSPS) is 14.1. The highest BCUT2D eigenvalue weighted by molar-refractivity contribution is 4.58. The Kier molecular flexibility index (Phi) is 5.58. The van der Waals surface area contributed by atoms with E-state index in [0.717, 1.165) is 13.0 Å². The number of likely N-dealkylation sites (N-methyl/N-ethyl adjacent to an activating group) is 1. The quantitative estimate of drug-likeness (QED) is 0.577. The van der Waals surface area contributed by atoms with Gasteiger partial charge in [0.1, 0.15) is 0 Å². The molecule has 0 aliphatic heterocycles. The summed E-state index contributed by atoms with van der Waals surface area (Å²) in [6, 6.07) is 0.233. The van der Waals surface area contributed by atoms with Gasteiger partial charge in [-0.3, -0.25) is 4.84 Å². The summed E-state index contributed by atoms with van der Waals surface area (Å²) < 4.78 is 0. The number of nitrogens with two attached hydrogens (primary N) is 1. The van der Waals surface area contributed by atoms with Crippen LogP contribution in [0.1, 0.15) is 20.3 Å². The minimum Gasteiger partial charge on any atom is -0.326 e. The minimum absolute atomic E-state index is 0.233. The molecule has 0 amide bonds. The van der Waals surface area contributed by atoms with Gasteiger partial charge in [0.25, 0.3) is 0 Å².